The Labute approximate surface area is 110 Å². The number of benzene rings is 1. The summed E-state index contributed by atoms with van der Waals surface area (Å²) in [5, 5.41) is 17.9. The third-order valence-electron chi connectivity index (χ3n) is 2.97. The lowest BCUT2D eigenvalue weighted by Gasteiger charge is -2.15. The highest BCUT2D eigenvalue weighted by molar-refractivity contribution is 5.94. The molecule has 1 amide bonds. The van der Waals surface area contributed by atoms with Crippen LogP contribution < -0.4 is 0 Å². The van der Waals surface area contributed by atoms with Crippen molar-refractivity contribution in [1.82, 2.24) is 4.90 Å². The maximum atomic E-state index is 13.7. The molecule has 2 rings (SSSR count). The van der Waals surface area contributed by atoms with Crippen LogP contribution in [0, 0.1) is 17.7 Å². The van der Waals surface area contributed by atoms with Crippen LogP contribution in [0.25, 0.3) is 0 Å². The molecule has 1 aromatic rings. The molecule has 1 aromatic carbocycles. The van der Waals surface area contributed by atoms with Gasteiger partial charge in [-0.1, -0.05) is 11.8 Å². The molecule has 1 fully saturated rings. The van der Waals surface area contributed by atoms with E-state index in [0.717, 1.165) is 6.07 Å². The van der Waals surface area contributed by atoms with Crippen LogP contribution in [0.3, 0.4) is 0 Å². The molecular formula is C14H14FNO3. The van der Waals surface area contributed by atoms with Gasteiger partial charge in [0, 0.05) is 18.7 Å². The van der Waals surface area contributed by atoms with Gasteiger partial charge in [0.25, 0.3) is 5.91 Å². The van der Waals surface area contributed by atoms with Gasteiger partial charge in [0.1, 0.15) is 12.4 Å². The van der Waals surface area contributed by atoms with E-state index in [9.17, 15) is 14.3 Å². The fourth-order valence-electron chi connectivity index (χ4n) is 1.99. The molecule has 1 saturated heterocycles. The number of amides is 1. The first-order chi connectivity index (χ1) is 9.11. The summed E-state index contributed by atoms with van der Waals surface area (Å²) in [5.41, 5.74) is 0.383. The zero-order valence-electron chi connectivity index (χ0n) is 10.3. The Bertz CT molecular complexity index is 547. The molecule has 19 heavy (non-hydrogen) atoms. The number of hydrogen-bond acceptors (Lipinski definition) is 3. The van der Waals surface area contributed by atoms with Crippen LogP contribution in [0.2, 0.25) is 0 Å². The van der Waals surface area contributed by atoms with Gasteiger partial charge >= 0.3 is 0 Å². The van der Waals surface area contributed by atoms with Gasteiger partial charge in [-0.25, -0.2) is 4.39 Å². The van der Waals surface area contributed by atoms with Crippen LogP contribution in [-0.2, 0) is 0 Å². The predicted octanol–water partition coefficient (Wildman–Crippen LogP) is 0.376. The van der Waals surface area contributed by atoms with E-state index < -0.39 is 11.9 Å². The number of β-amino-alcohol motifs (C(OH)–C–C–N with tert-alkyl or cyclic N) is 1. The van der Waals surface area contributed by atoms with Crippen LogP contribution in [-0.4, -0.2) is 46.8 Å². The fraction of sp³-hybridized carbons (Fsp3) is 0.357. The Hall–Kier alpha value is -1.90. The number of aliphatic hydroxyl groups is 2. The second kappa shape index (κ2) is 5.83. The van der Waals surface area contributed by atoms with Crippen LogP contribution in [0.4, 0.5) is 4.39 Å². The number of likely N-dealkylation sites (tertiary alicyclic amines) is 1. The molecule has 1 unspecified atom stereocenters. The van der Waals surface area contributed by atoms with E-state index in [4.69, 9.17) is 5.11 Å². The van der Waals surface area contributed by atoms with Crippen molar-refractivity contribution < 1.29 is 19.4 Å². The molecule has 0 radical (unpaired) electrons. The van der Waals surface area contributed by atoms with Crippen molar-refractivity contribution >= 4 is 5.91 Å². The predicted molar refractivity (Wildman–Crippen MR) is 66.9 cm³/mol. The molecule has 0 bridgehead atoms. The highest BCUT2D eigenvalue weighted by Gasteiger charge is 2.25. The van der Waals surface area contributed by atoms with E-state index in [1.807, 2.05) is 0 Å². The number of carbonyl (C=O) groups is 1. The Morgan fingerprint density at radius 2 is 2.32 bits per heavy atom. The molecule has 0 aromatic heterocycles. The molecule has 0 saturated carbocycles. The highest BCUT2D eigenvalue weighted by Crippen LogP contribution is 2.16. The van der Waals surface area contributed by atoms with Crippen molar-refractivity contribution in [1.29, 1.82) is 0 Å². The summed E-state index contributed by atoms with van der Waals surface area (Å²) in [6.07, 6.45) is 0.0531. The summed E-state index contributed by atoms with van der Waals surface area (Å²) in [6.45, 7) is 0.423. The molecule has 1 aliphatic rings. The minimum absolute atomic E-state index is 0.145. The second-order valence-corrected chi connectivity index (χ2v) is 4.35. The van der Waals surface area contributed by atoms with Crippen molar-refractivity contribution in [3.8, 4) is 11.8 Å². The lowest BCUT2D eigenvalue weighted by atomic mass is 10.1. The molecule has 0 spiro atoms. The molecule has 100 valence electrons. The van der Waals surface area contributed by atoms with Gasteiger partial charge in [-0.3, -0.25) is 4.79 Å². The first-order valence-electron chi connectivity index (χ1n) is 5.98. The molecule has 4 nitrogen and oxygen atoms in total. The number of aliphatic hydroxyl groups excluding tert-OH is 2. The number of halogens is 1. The summed E-state index contributed by atoms with van der Waals surface area (Å²) >= 11 is 0. The second-order valence-electron chi connectivity index (χ2n) is 4.35. The minimum atomic E-state index is -0.591. The van der Waals surface area contributed by atoms with Crippen molar-refractivity contribution in [2.24, 2.45) is 0 Å². The van der Waals surface area contributed by atoms with E-state index in [0.29, 0.717) is 13.0 Å². The maximum absolute atomic E-state index is 13.7. The Kier molecular flexibility index (Phi) is 4.15. The average molecular weight is 263 g/mol. The third kappa shape index (κ3) is 3.11. The van der Waals surface area contributed by atoms with Gasteiger partial charge in [0.2, 0.25) is 0 Å². The maximum Gasteiger partial charge on any atom is 0.254 e. The number of carbonyl (C=O) groups excluding carboxylic acids is 1. The number of nitrogens with zero attached hydrogens (tertiary/aromatic N) is 1. The van der Waals surface area contributed by atoms with Gasteiger partial charge in [-0.15, -0.1) is 0 Å². The van der Waals surface area contributed by atoms with Crippen molar-refractivity contribution in [3.05, 3.63) is 35.1 Å². The lowest BCUT2D eigenvalue weighted by molar-refractivity contribution is 0.0764. The van der Waals surface area contributed by atoms with E-state index in [2.05, 4.69) is 11.8 Å². The summed E-state index contributed by atoms with van der Waals surface area (Å²) in [6, 6.07) is 4.05. The van der Waals surface area contributed by atoms with Crippen molar-refractivity contribution in [3.63, 3.8) is 0 Å². The molecule has 0 aliphatic carbocycles. The summed E-state index contributed by atoms with van der Waals surface area (Å²) in [5.74, 6) is 3.93. The average Bonchev–Trinajstić information content (AvgIpc) is 2.83. The summed E-state index contributed by atoms with van der Waals surface area (Å²) < 4.78 is 13.7. The zero-order valence-corrected chi connectivity index (χ0v) is 10.3. The molecular weight excluding hydrogens is 249 g/mol. The quantitative estimate of drug-likeness (QED) is 0.720. The lowest BCUT2D eigenvalue weighted by Crippen LogP contribution is -2.29. The minimum Gasteiger partial charge on any atom is -0.391 e. The van der Waals surface area contributed by atoms with E-state index >= 15 is 0 Å². The summed E-state index contributed by atoms with van der Waals surface area (Å²) in [7, 11) is 0. The Balaban J connectivity index is 2.17. The van der Waals surface area contributed by atoms with E-state index in [1.165, 1.54) is 17.0 Å². The number of hydrogen-bond donors (Lipinski definition) is 2. The van der Waals surface area contributed by atoms with E-state index in [1.54, 1.807) is 0 Å². The third-order valence-corrected chi connectivity index (χ3v) is 2.97. The van der Waals surface area contributed by atoms with Gasteiger partial charge in [-0.05, 0) is 24.6 Å². The van der Waals surface area contributed by atoms with Gasteiger partial charge < -0.3 is 15.1 Å². The molecule has 1 atom stereocenters. The zero-order chi connectivity index (χ0) is 13.8. The first kappa shape index (κ1) is 13.5. The summed E-state index contributed by atoms with van der Waals surface area (Å²) in [4.78, 5) is 13.5. The standard InChI is InChI=1S/C14H14FNO3/c15-13-8-11(4-3-10(13)2-1-7-17)14(19)16-6-5-12(18)9-16/h3-4,8,12,17-18H,5-7,9H2. The van der Waals surface area contributed by atoms with Crippen LogP contribution in [0.15, 0.2) is 18.2 Å². The van der Waals surface area contributed by atoms with Crippen LogP contribution in [0.5, 0.6) is 0 Å². The van der Waals surface area contributed by atoms with Gasteiger partial charge in [-0.2, -0.15) is 0 Å². The Morgan fingerprint density at radius 3 is 2.89 bits per heavy atom. The van der Waals surface area contributed by atoms with E-state index in [-0.39, 0.29) is 30.2 Å². The van der Waals surface area contributed by atoms with Crippen molar-refractivity contribution in [2.45, 2.75) is 12.5 Å². The van der Waals surface area contributed by atoms with Crippen LogP contribution in [0.1, 0.15) is 22.3 Å². The van der Waals surface area contributed by atoms with Crippen LogP contribution >= 0.6 is 0 Å². The van der Waals surface area contributed by atoms with Gasteiger partial charge in [0.15, 0.2) is 0 Å². The largest absolute Gasteiger partial charge is 0.391 e. The molecule has 5 heteroatoms. The first-order valence-corrected chi connectivity index (χ1v) is 5.98. The molecule has 1 aliphatic heterocycles. The monoisotopic (exact) mass is 263 g/mol. The normalized spacial score (nSPS) is 18.1. The fourth-order valence-corrected chi connectivity index (χ4v) is 1.99. The SMILES string of the molecule is O=C(c1ccc(C#CCO)c(F)c1)N1CCC(O)C1. The smallest absolute Gasteiger partial charge is 0.254 e. The van der Waals surface area contributed by atoms with Crippen molar-refractivity contribution in [2.75, 3.05) is 19.7 Å². The van der Waals surface area contributed by atoms with Gasteiger partial charge in [0.05, 0.1) is 11.7 Å². The topological polar surface area (TPSA) is 60.8 Å². The highest BCUT2D eigenvalue weighted by atomic mass is 19.1. The number of rotatable bonds is 1. The molecule has 1 heterocycles. The Morgan fingerprint density at radius 1 is 1.53 bits per heavy atom. The molecule has 2 N–H and O–H groups in total.